The zero-order valence-electron chi connectivity index (χ0n) is 11.8. The Morgan fingerprint density at radius 1 is 1.35 bits per heavy atom. The second-order valence-electron chi connectivity index (χ2n) is 4.84. The number of hydrogen-bond donors (Lipinski definition) is 2. The van der Waals surface area contributed by atoms with Crippen LogP contribution in [0.3, 0.4) is 0 Å². The summed E-state index contributed by atoms with van der Waals surface area (Å²) in [4.78, 5) is 31.4. The van der Waals surface area contributed by atoms with Crippen LogP contribution in [0.5, 0.6) is 5.75 Å². The maximum Gasteiger partial charge on any atom is 0.318 e. The molecule has 1 aliphatic rings. The van der Waals surface area contributed by atoms with Gasteiger partial charge in [0.05, 0.1) is 0 Å². The summed E-state index contributed by atoms with van der Waals surface area (Å²) in [6.45, 7) is 0.483. The van der Waals surface area contributed by atoms with E-state index in [-0.39, 0.29) is 39.8 Å². The number of aliphatic carboxylic acids is 1. The van der Waals surface area contributed by atoms with Gasteiger partial charge < -0.3 is 14.4 Å². The van der Waals surface area contributed by atoms with Crippen molar-refractivity contribution < 1.29 is 37.3 Å². The molecule has 2 N–H and O–H groups in total. The minimum Gasteiger partial charge on any atom is -0.480 e. The first-order valence-electron chi connectivity index (χ1n) is 6.41. The molecule has 0 amide bonds. The summed E-state index contributed by atoms with van der Waals surface area (Å²) in [5, 5.41) is 8.77. The van der Waals surface area contributed by atoms with E-state index in [9.17, 15) is 18.0 Å². The highest BCUT2D eigenvalue weighted by molar-refractivity contribution is 7.89. The van der Waals surface area contributed by atoms with E-state index in [4.69, 9.17) is 19.3 Å². The van der Waals surface area contributed by atoms with Gasteiger partial charge in [-0.25, -0.2) is 8.42 Å². The summed E-state index contributed by atoms with van der Waals surface area (Å²) in [5.41, 5.74) is 0.580. The molecule has 3 rings (SSSR count). The fourth-order valence-electron chi connectivity index (χ4n) is 2.20. The molecule has 0 spiro atoms. The zero-order valence-corrected chi connectivity index (χ0v) is 12.6. The van der Waals surface area contributed by atoms with Crippen LogP contribution in [0, 0.1) is 0 Å². The highest BCUT2D eigenvalue weighted by atomic mass is 32.2. The molecule has 10 heteroatoms. The first kappa shape index (κ1) is 15.5. The van der Waals surface area contributed by atoms with Gasteiger partial charge in [0, 0.05) is 17.9 Å². The predicted octanol–water partition coefficient (Wildman–Crippen LogP) is 0.822. The first-order valence-corrected chi connectivity index (χ1v) is 7.89. The normalized spacial score (nSPS) is 13.8. The van der Waals surface area contributed by atoms with E-state index in [2.05, 4.69) is 0 Å². The number of fused-ring (bicyclic) bond motifs is 2. The molecule has 2 aromatic rings. The Hall–Kier alpha value is -2.43. The third-order valence-electron chi connectivity index (χ3n) is 3.19. The van der Waals surface area contributed by atoms with Crippen molar-refractivity contribution in [3.63, 3.8) is 0 Å². The maximum absolute atomic E-state index is 12.5. The summed E-state index contributed by atoms with van der Waals surface area (Å²) >= 11 is 0. The Bertz CT molecular complexity index is 927. The van der Waals surface area contributed by atoms with Gasteiger partial charge >= 0.3 is 5.97 Å². The summed E-state index contributed by atoms with van der Waals surface area (Å²) in [6, 6.07) is 2.79. The van der Waals surface area contributed by atoms with Gasteiger partial charge in [0.1, 0.15) is 23.6 Å². The molecule has 0 bridgehead atoms. The van der Waals surface area contributed by atoms with Crippen LogP contribution in [0.1, 0.15) is 23.0 Å². The zero-order chi connectivity index (χ0) is 16.8. The number of hydrogen-bond acceptors (Lipinski definition) is 7. The van der Waals surface area contributed by atoms with E-state index in [1.807, 2.05) is 4.72 Å². The standard InChI is InChI=1S/C13H11NO8S/c1-6(15)9-3-8-10(21-9)2-7-5-20-22-12(7)13(8)23(18,19)14-4-11(16)17/h2-3,14H,4-5H2,1H3,(H,16,17). The lowest BCUT2D eigenvalue weighted by Crippen LogP contribution is -2.29. The average molecular weight is 341 g/mol. The molecular weight excluding hydrogens is 330 g/mol. The van der Waals surface area contributed by atoms with E-state index in [0.717, 1.165) is 0 Å². The summed E-state index contributed by atoms with van der Waals surface area (Å²) in [7, 11) is -4.23. The molecule has 2 heterocycles. The highest BCUT2D eigenvalue weighted by Crippen LogP contribution is 2.40. The number of Topliss-reactive ketones (excluding diaryl/α,β-unsaturated/α-hetero) is 1. The third-order valence-corrected chi connectivity index (χ3v) is 4.66. The van der Waals surface area contributed by atoms with Crippen LogP contribution in [-0.4, -0.2) is 31.8 Å². The van der Waals surface area contributed by atoms with Crippen molar-refractivity contribution in [3.8, 4) is 5.75 Å². The number of sulfonamides is 1. The van der Waals surface area contributed by atoms with Crippen LogP contribution in [-0.2, 0) is 26.3 Å². The largest absolute Gasteiger partial charge is 0.480 e. The lowest BCUT2D eigenvalue weighted by molar-refractivity contribution is -0.196. The van der Waals surface area contributed by atoms with Gasteiger partial charge in [-0.2, -0.15) is 9.61 Å². The van der Waals surface area contributed by atoms with E-state index in [1.54, 1.807) is 0 Å². The van der Waals surface area contributed by atoms with Crippen molar-refractivity contribution in [2.75, 3.05) is 6.54 Å². The molecule has 0 unspecified atom stereocenters. The van der Waals surface area contributed by atoms with Gasteiger partial charge in [0.25, 0.3) is 0 Å². The van der Waals surface area contributed by atoms with Gasteiger partial charge in [-0.1, -0.05) is 0 Å². The molecule has 0 saturated carbocycles. The molecule has 1 aliphatic heterocycles. The summed E-state index contributed by atoms with van der Waals surface area (Å²) in [6.07, 6.45) is 0. The van der Waals surface area contributed by atoms with Crippen LogP contribution in [0.4, 0.5) is 0 Å². The van der Waals surface area contributed by atoms with Crippen molar-refractivity contribution >= 4 is 32.7 Å². The number of furan rings is 1. The maximum atomic E-state index is 12.5. The van der Waals surface area contributed by atoms with E-state index in [1.165, 1.54) is 19.1 Å². The molecule has 23 heavy (non-hydrogen) atoms. The van der Waals surface area contributed by atoms with Crippen molar-refractivity contribution in [1.82, 2.24) is 4.72 Å². The quantitative estimate of drug-likeness (QED) is 0.603. The van der Waals surface area contributed by atoms with Gasteiger partial charge in [-0.05, 0) is 12.1 Å². The average Bonchev–Trinajstić information content (AvgIpc) is 3.07. The fourth-order valence-corrected chi connectivity index (χ4v) is 3.52. The monoisotopic (exact) mass is 341 g/mol. The van der Waals surface area contributed by atoms with Crippen molar-refractivity contribution in [2.24, 2.45) is 0 Å². The molecule has 0 atom stereocenters. The molecule has 9 nitrogen and oxygen atoms in total. The Morgan fingerprint density at radius 2 is 2.09 bits per heavy atom. The molecule has 0 fully saturated rings. The number of rotatable bonds is 5. The smallest absolute Gasteiger partial charge is 0.318 e. The molecule has 1 aromatic carbocycles. The Labute approximate surface area is 129 Å². The second kappa shape index (κ2) is 5.33. The minimum absolute atomic E-state index is 0.00281. The van der Waals surface area contributed by atoms with Crippen LogP contribution in [0.2, 0.25) is 0 Å². The van der Waals surface area contributed by atoms with Gasteiger partial charge in [-0.3, -0.25) is 9.59 Å². The van der Waals surface area contributed by atoms with E-state index < -0.39 is 22.5 Å². The molecule has 122 valence electrons. The third kappa shape index (κ3) is 2.67. The van der Waals surface area contributed by atoms with Gasteiger partial charge in [0.2, 0.25) is 10.0 Å². The summed E-state index contributed by atoms with van der Waals surface area (Å²) < 4.78 is 32.2. The SMILES string of the molecule is CC(=O)c1cc2c(S(=O)(=O)NCC(=O)O)c3c(cc2o1)COO3. The topological polar surface area (TPSA) is 132 Å². The summed E-state index contributed by atoms with van der Waals surface area (Å²) in [5.74, 6) is -1.78. The Balaban J connectivity index is 2.25. The number of ketones is 1. The van der Waals surface area contributed by atoms with E-state index in [0.29, 0.717) is 5.56 Å². The van der Waals surface area contributed by atoms with Gasteiger partial charge in [0.15, 0.2) is 17.3 Å². The van der Waals surface area contributed by atoms with Crippen LogP contribution >= 0.6 is 0 Å². The molecule has 0 aliphatic carbocycles. The fraction of sp³-hybridized carbons (Fsp3) is 0.231. The first-order chi connectivity index (χ1) is 10.8. The number of carbonyl (C=O) groups is 2. The molecule has 1 aromatic heterocycles. The molecule has 0 radical (unpaired) electrons. The minimum atomic E-state index is -4.23. The Morgan fingerprint density at radius 3 is 2.74 bits per heavy atom. The lowest BCUT2D eigenvalue weighted by Gasteiger charge is -2.08. The van der Waals surface area contributed by atoms with Crippen LogP contribution < -0.4 is 9.61 Å². The van der Waals surface area contributed by atoms with Crippen LogP contribution in [0.25, 0.3) is 11.0 Å². The van der Waals surface area contributed by atoms with Crippen molar-refractivity contribution in [2.45, 2.75) is 18.4 Å². The lowest BCUT2D eigenvalue weighted by atomic mass is 10.1. The number of benzene rings is 1. The molecule has 0 saturated heterocycles. The number of carboxylic acids is 1. The predicted molar refractivity (Wildman–Crippen MR) is 74.5 cm³/mol. The highest BCUT2D eigenvalue weighted by Gasteiger charge is 2.32. The number of carbonyl (C=O) groups excluding carboxylic acids is 1. The van der Waals surface area contributed by atoms with E-state index >= 15 is 0 Å². The van der Waals surface area contributed by atoms with Crippen molar-refractivity contribution in [1.29, 1.82) is 0 Å². The number of carboxylic acid groups (broad SMARTS) is 1. The van der Waals surface area contributed by atoms with Crippen molar-refractivity contribution in [3.05, 3.63) is 23.5 Å². The molecular formula is C13H11NO8S. The second-order valence-corrected chi connectivity index (χ2v) is 6.54. The van der Waals surface area contributed by atoms with Crippen LogP contribution in [0.15, 0.2) is 21.4 Å². The Kier molecular flexibility index (Phi) is 3.59. The van der Waals surface area contributed by atoms with Gasteiger partial charge in [-0.15, -0.1) is 0 Å². The number of nitrogens with one attached hydrogen (secondary N) is 1.